The number of benzene rings is 3. The first kappa shape index (κ1) is 31.8. The van der Waals surface area contributed by atoms with Crippen LogP contribution in [-0.2, 0) is 17.9 Å². The monoisotopic (exact) mass is 621 g/mol. The van der Waals surface area contributed by atoms with Gasteiger partial charge in [-0.1, -0.05) is 47.7 Å². The maximum absolute atomic E-state index is 12.3. The molecular weight excluding hydrogens is 586 g/mol. The molecule has 0 fully saturated rings. The van der Waals surface area contributed by atoms with E-state index in [1.54, 1.807) is 43.2 Å². The summed E-state index contributed by atoms with van der Waals surface area (Å²) in [5, 5.41) is 9.20. The van der Waals surface area contributed by atoms with Gasteiger partial charge in [0.15, 0.2) is 17.3 Å². The van der Waals surface area contributed by atoms with E-state index in [2.05, 4.69) is 10.3 Å². The van der Waals surface area contributed by atoms with Crippen molar-refractivity contribution in [2.75, 3.05) is 20.8 Å². The largest absolute Gasteiger partial charge is 0.497 e. The van der Waals surface area contributed by atoms with Crippen molar-refractivity contribution < 1.29 is 28.2 Å². The van der Waals surface area contributed by atoms with Gasteiger partial charge in [-0.3, -0.25) is 9.48 Å². The van der Waals surface area contributed by atoms with Crippen LogP contribution in [0.5, 0.6) is 23.0 Å². The number of hydrogen-bond acceptors (Lipinski definition) is 9. The molecule has 10 heteroatoms. The zero-order chi connectivity index (χ0) is 32.1. The predicted octanol–water partition coefficient (Wildman–Crippen LogP) is 6.53. The minimum absolute atomic E-state index is 0.136. The molecule has 0 bridgehead atoms. The molecule has 10 nitrogen and oxygen atoms in total. The zero-order valence-electron chi connectivity index (χ0n) is 25.8. The standard InChI is InChI=1S/C36H35N3O7/c1-42-30-17-12-26(13-18-30)10-15-29(40)16-11-27-14-19-33(35(22-27)43-2)45-25-28-24-39(38-37-28)20-6-3-7-21-44-34-23-36(41)46-32-9-5-4-8-31(32)34/h4-5,8-19,22-24H,3,6-7,20-21,25H2,1-2H3/b15-10+,16-11+. The summed E-state index contributed by atoms with van der Waals surface area (Å²) in [7, 11) is 3.18. The minimum atomic E-state index is -0.425. The molecular formula is C36H35N3O7. The number of unbranched alkanes of at least 4 members (excludes halogenated alkanes) is 2. The Morgan fingerprint density at radius 2 is 1.61 bits per heavy atom. The minimum Gasteiger partial charge on any atom is -0.497 e. The van der Waals surface area contributed by atoms with Crippen LogP contribution in [0.25, 0.3) is 23.1 Å². The molecule has 0 unspecified atom stereocenters. The number of methoxy groups -OCH3 is 2. The van der Waals surface area contributed by atoms with E-state index in [0.717, 1.165) is 41.5 Å². The number of aryl methyl sites for hydroxylation is 1. The lowest BCUT2D eigenvalue weighted by Crippen LogP contribution is -2.04. The Balaban J connectivity index is 1.04. The van der Waals surface area contributed by atoms with Crippen LogP contribution < -0.4 is 24.6 Å². The lowest BCUT2D eigenvalue weighted by molar-refractivity contribution is -0.110. The van der Waals surface area contributed by atoms with Crippen molar-refractivity contribution in [3.63, 3.8) is 0 Å². The van der Waals surface area contributed by atoms with Gasteiger partial charge >= 0.3 is 5.63 Å². The highest BCUT2D eigenvalue weighted by molar-refractivity contribution is 6.04. The van der Waals surface area contributed by atoms with Crippen LogP contribution in [0.4, 0.5) is 0 Å². The Hall–Kier alpha value is -5.64. The molecule has 0 saturated carbocycles. The first-order chi connectivity index (χ1) is 22.5. The summed E-state index contributed by atoms with van der Waals surface area (Å²) < 4.78 is 29.5. The summed E-state index contributed by atoms with van der Waals surface area (Å²) in [6, 6.07) is 21.6. The van der Waals surface area contributed by atoms with Crippen LogP contribution in [0.1, 0.15) is 36.1 Å². The van der Waals surface area contributed by atoms with E-state index in [4.69, 9.17) is 23.4 Å². The second kappa shape index (κ2) is 15.9. The SMILES string of the molecule is COc1ccc(/C=C/C(=O)/C=C/c2ccc(OCc3cn(CCCCCOc4cc(=O)oc5ccccc45)nn3)c(OC)c2)cc1. The quantitative estimate of drug-likeness (QED) is 0.0689. The molecule has 0 aliphatic heterocycles. The van der Waals surface area contributed by atoms with Gasteiger partial charge in [0.2, 0.25) is 0 Å². The molecule has 46 heavy (non-hydrogen) atoms. The van der Waals surface area contributed by atoms with E-state index in [0.29, 0.717) is 41.7 Å². The first-order valence-electron chi connectivity index (χ1n) is 14.9. The van der Waals surface area contributed by atoms with Crippen molar-refractivity contribution in [3.8, 4) is 23.0 Å². The Labute approximate surface area is 266 Å². The van der Waals surface area contributed by atoms with Crippen LogP contribution in [0.3, 0.4) is 0 Å². The Kier molecular flexibility index (Phi) is 11.0. The zero-order valence-corrected chi connectivity index (χ0v) is 25.8. The number of carbonyl (C=O) groups is 1. The fourth-order valence-electron chi connectivity index (χ4n) is 4.64. The van der Waals surface area contributed by atoms with Gasteiger partial charge in [-0.2, -0.15) is 0 Å². The van der Waals surface area contributed by atoms with E-state index >= 15 is 0 Å². The highest BCUT2D eigenvalue weighted by Gasteiger charge is 2.09. The van der Waals surface area contributed by atoms with E-state index in [9.17, 15) is 9.59 Å². The van der Waals surface area contributed by atoms with Gasteiger partial charge in [0.1, 0.15) is 29.4 Å². The van der Waals surface area contributed by atoms with E-state index in [-0.39, 0.29) is 12.4 Å². The van der Waals surface area contributed by atoms with Gasteiger partial charge in [-0.25, -0.2) is 4.79 Å². The molecule has 0 radical (unpaired) electrons. The summed E-state index contributed by atoms with van der Waals surface area (Å²) in [5.74, 6) is 2.27. The number of para-hydroxylation sites is 1. The number of ether oxygens (including phenoxy) is 4. The number of ketones is 1. The molecule has 0 amide bonds. The van der Waals surface area contributed by atoms with Crippen molar-refractivity contribution in [1.29, 1.82) is 0 Å². The number of aromatic nitrogens is 3. The third-order valence-corrected chi connectivity index (χ3v) is 7.05. The second-order valence-electron chi connectivity index (χ2n) is 10.3. The van der Waals surface area contributed by atoms with Crippen molar-refractivity contribution in [2.45, 2.75) is 32.4 Å². The average molecular weight is 622 g/mol. The van der Waals surface area contributed by atoms with Crippen LogP contribution in [0, 0.1) is 0 Å². The molecule has 0 aliphatic carbocycles. The number of nitrogens with zero attached hydrogens (tertiary/aromatic N) is 3. The predicted molar refractivity (Wildman–Crippen MR) is 175 cm³/mol. The fourth-order valence-corrected chi connectivity index (χ4v) is 4.64. The van der Waals surface area contributed by atoms with Crippen LogP contribution >= 0.6 is 0 Å². The molecule has 3 aromatic carbocycles. The lowest BCUT2D eigenvalue weighted by Gasteiger charge is -2.10. The maximum Gasteiger partial charge on any atom is 0.339 e. The highest BCUT2D eigenvalue weighted by Crippen LogP contribution is 2.29. The summed E-state index contributed by atoms with van der Waals surface area (Å²) in [4.78, 5) is 24.1. The topological polar surface area (TPSA) is 115 Å². The van der Waals surface area contributed by atoms with Crippen LogP contribution in [0.2, 0.25) is 0 Å². The fraction of sp³-hybridized carbons (Fsp3) is 0.222. The van der Waals surface area contributed by atoms with E-state index in [1.165, 1.54) is 18.2 Å². The molecule has 2 aromatic heterocycles. The van der Waals surface area contributed by atoms with Gasteiger partial charge in [-0.05, 0) is 78.9 Å². The van der Waals surface area contributed by atoms with Gasteiger partial charge < -0.3 is 23.4 Å². The Bertz CT molecular complexity index is 1870. The van der Waals surface area contributed by atoms with Crippen molar-refractivity contribution in [1.82, 2.24) is 15.0 Å². The average Bonchev–Trinajstić information content (AvgIpc) is 3.54. The van der Waals surface area contributed by atoms with Gasteiger partial charge in [0.25, 0.3) is 0 Å². The highest BCUT2D eigenvalue weighted by atomic mass is 16.5. The molecule has 5 rings (SSSR count). The molecule has 2 heterocycles. The van der Waals surface area contributed by atoms with E-state index < -0.39 is 5.63 Å². The van der Waals surface area contributed by atoms with Crippen molar-refractivity contribution in [2.24, 2.45) is 0 Å². The maximum atomic E-state index is 12.3. The molecule has 0 N–H and O–H groups in total. The smallest absolute Gasteiger partial charge is 0.339 e. The van der Waals surface area contributed by atoms with Crippen molar-refractivity contribution in [3.05, 3.63) is 118 Å². The lowest BCUT2D eigenvalue weighted by atomic mass is 10.1. The van der Waals surface area contributed by atoms with Gasteiger partial charge in [0.05, 0.1) is 38.5 Å². The number of allylic oxidation sites excluding steroid dienone is 2. The molecule has 0 saturated heterocycles. The summed E-state index contributed by atoms with van der Waals surface area (Å²) in [6.45, 7) is 1.44. The third kappa shape index (κ3) is 8.95. The second-order valence-corrected chi connectivity index (χ2v) is 10.3. The summed E-state index contributed by atoms with van der Waals surface area (Å²) >= 11 is 0. The normalized spacial score (nSPS) is 11.3. The molecule has 236 valence electrons. The number of carbonyl (C=O) groups excluding carboxylic acids is 1. The Morgan fingerprint density at radius 1 is 0.826 bits per heavy atom. The number of hydrogen-bond donors (Lipinski definition) is 0. The summed E-state index contributed by atoms with van der Waals surface area (Å²) in [5.41, 5.74) is 2.49. The first-order valence-corrected chi connectivity index (χ1v) is 14.9. The van der Waals surface area contributed by atoms with Gasteiger partial charge in [-0.15, -0.1) is 5.10 Å². The Morgan fingerprint density at radius 3 is 2.41 bits per heavy atom. The number of rotatable bonds is 16. The van der Waals surface area contributed by atoms with E-state index in [1.807, 2.05) is 60.8 Å². The van der Waals surface area contributed by atoms with Crippen LogP contribution in [-0.4, -0.2) is 41.6 Å². The third-order valence-electron chi connectivity index (χ3n) is 7.05. The van der Waals surface area contributed by atoms with Crippen LogP contribution in [0.15, 0.2) is 100 Å². The van der Waals surface area contributed by atoms with Gasteiger partial charge in [0, 0.05) is 6.54 Å². The molecule has 5 aromatic rings. The number of fused-ring (bicyclic) bond motifs is 1. The molecule has 0 aliphatic rings. The molecule has 0 spiro atoms. The molecule has 0 atom stereocenters. The van der Waals surface area contributed by atoms with Crippen molar-refractivity contribution >= 4 is 28.9 Å². The summed E-state index contributed by atoms with van der Waals surface area (Å²) in [6.07, 6.45) is 11.0.